The monoisotopic (exact) mass is 281 g/mol. The van der Waals surface area contributed by atoms with E-state index < -0.39 is 0 Å². The van der Waals surface area contributed by atoms with Crippen molar-refractivity contribution < 1.29 is 14.7 Å². The largest absolute Gasteiger partial charge is 0.396 e. The van der Waals surface area contributed by atoms with Gasteiger partial charge in [-0.1, -0.05) is 42.5 Å². The van der Waals surface area contributed by atoms with Crippen LogP contribution in [-0.2, 0) is 0 Å². The number of imide groups is 1. The van der Waals surface area contributed by atoms with E-state index >= 15 is 0 Å². The van der Waals surface area contributed by atoms with Crippen molar-refractivity contribution in [2.24, 2.45) is 0 Å². The van der Waals surface area contributed by atoms with Crippen molar-refractivity contribution in [3.8, 4) is 0 Å². The van der Waals surface area contributed by atoms with Gasteiger partial charge in [-0.05, 0) is 17.7 Å². The maximum atomic E-state index is 12.3. The fraction of sp³-hybridized carbons (Fsp3) is 0.176. The zero-order valence-electron chi connectivity index (χ0n) is 11.4. The molecule has 106 valence electrons. The van der Waals surface area contributed by atoms with Gasteiger partial charge in [-0.15, -0.1) is 0 Å². The quantitative estimate of drug-likeness (QED) is 0.873. The molecule has 0 saturated carbocycles. The molecule has 1 unspecified atom stereocenters. The van der Waals surface area contributed by atoms with Crippen molar-refractivity contribution >= 4 is 11.8 Å². The third kappa shape index (κ3) is 2.34. The molecule has 0 bridgehead atoms. The number of rotatable bonds is 4. The van der Waals surface area contributed by atoms with Gasteiger partial charge in [-0.2, -0.15) is 0 Å². The second kappa shape index (κ2) is 5.50. The summed E-state index contributed by atoms with van der Waals surface area (Å²) in [6.07, 6.45) is 0. The topological polar surface area (TPSA) is 57.6 Å². The van der Waals surface area contributed by atoms with E-state index in [9.17, 15) is 14.7 Å². The highest BCUT2D eigenvalue weighted by molar-refractivity contribution is 6.21. The summed E-state index contributed by atoms with van der Waals surface area (Å²) in [7, 11) is 0. The zero-order chi connectivity index (χ0) is 14.8. The molecule has 0 fully saturated rings. The van der Waals surface area contributed by atoms with Gasteiger partial charge in [0, 0.05) is 12.5 Å². The minimum absolute atomic E-state index is 0.114. The first-order chi connectivity index (χ1) is 10.2. The predicted octanol–water partition coefficient (Wildman–Crippen LogP) is 2.06. The summed E-state index contributed by atoms with van der Waals surface area (Å²) in [5.74, 6) is -0.844. The third-order valence-electron chi connectivity index (χ3n) is 3.77. The maximum absolute atomic E-state index is 12.3. The predicted molar refractivity (Wildman–Crippen MR) is 78.1 cm³/mol. The lowest BCUT2D eigenvalue weighted by Gasteiger charge is -2.21. The van der Waals surface area contributed by atoms with E-state index in [4.69, 9.17) is 0 Å². The smallest absolute Gasteiger partial charge is 0.261 e. The SMILES string of the molecule is O=C1c2ccccc2C(=O)N1CC(CO)c1ccccc1. The van der Waals surface area contributed by atoms with Crippen LogP contribution < -0.4 is 0 Å². The van der Waals surface area contributed by atoms with Crippen LogP contribution in [0.5, 0.6) is 0 Å². The van der Waals surface area contributed by atoms with Crippen molar-refractivity contribution in [3.63, 3.8) is 0 Å². The molecule has 4 heteroatoms. The third-order valence-corrected chi connectivity index (χ3v) is 3.77. The molecular formula is C17H15NO3. The number of aliphatic hydroxyl groups excluding tert-OH is 1. The number of amides is 2. The molecule has 0 radical (unpaired) electrons. The standard InChI is InChI=1S/C17H15NO3/c19-11-13(12-6-2-1-3-7-12)10-18-16(20)14-8-4-5-9-15(14)17(18)21/h1-9,13,19H,10-11H2. The van der Waals surface area contributed by atoms with Crippen LogP contribution in [0.4, 0.5) is 0 Å². The van der Waals surface area contributed by atoms with Gasteiger partial charge in [0.1, 0.15) is 0 Å². The van der Waals surface area contributed by atoms with Gasteiger partial charge in [-0.25, -0.2) is 0 Å². The Hall–Kier alpha value is -2.46. The Morgan fingerprint density at radius 1 is 0.857 bits per heavy atom. The highest BCUT2D eigenvalue weighted by Crippen LogP contribution is 2.25. The van der Waals surface area contributed by atoms with Crippen LogP contribution >= 0.6 is 0 Å². The minimum atomic E-state index is -0.287. The molecule has 0 aromatic heterocycles. The Morgan fingerprint density at radius 2 is 1.38 bits per heavy atom. The Labute approximate surface area is 122 Å². The summed E-state index contributed by atoms with van der Waals surface area (Å²) < 4.78 is 0. The van der Waals surface area contributed by atoms with Gasteiger partial charge in [0.15, 0.2) is 0 Å². The summed E-state index contributed by atoms with van der Waals surface area (Å²) in [6.45, 7) is 0.0737. The van der Waals surface area contributed by atoms with Gasteiger partial charge in [0.2, 0.25) is 0 Å². The molecule has 1 atom stereocenters. The average Bonchev–Trinajstić information content (AvgIpc) is 2.78. The molecular weight excluding hydrogens is 266 g/mol. The van der Waals surface area contributed by atoms with Gasteiger partial charge < -0.3 is 5.11 Å². The molecule has 21 heavy (non-hydrogen) atoms. The van der Waals surface area contributed by atoms with Crippen molar-refractivity contribution in [2.75, 3.05) is 13.2 Å². The number of fused-ring (bicyclic) bond motifs is 1. The second-order valence-corrected chi connectivity index (χ2v) is 5.06. The van der Waals surface area contributed by atoms with Crippen LogP contribution in [-0.4, -0.2) is 35.0 Å². The number of carbonyl (C=O) groups excluding carboxylic acids is 2. The van der Waals surface area contributed by atoms with E-state index in [-0.39, 0.29) is 30.9 Å². The number of carbonyl (C=O) groups is 2. The van der Waals surface area contributed by atoms with E-state index in [1.165, 1.54) is 4.90 Å². The summed E-state index contributed by atoms with van der Waals surface area (Å²) in [4.78, 5) is 25.8. The molecule has 0 saturated heterocycles. The fourth-order valence-electron chi connectivity index (χ4n) is 2.62. The number of hydrogen-bond acceptors (Lipinski definition) is 3. The maximum Gasteiger partial charge on any atom is 0.261 e. The summed E-state index contributed by atoms with van der Waals surface area (Å²) in [5, 5.41) is 9.58. The van der Waals surface area contributed by atoms with Crippen LogP contribution in [0.25, 0.3) is 0 Å². The van der Waals surface area contributed by atoms with Crippen LogP contribution in [0.3, 0.4) is 0 Å². The molecule has 2 aromatic carbocycles. The van der Waals surface area contributed by atoms with Crippen molar-refractivity contribution in [1.29, 1.82) is 0 Å². The number of benzene rings is 2. The van der Waals surface area contributed by atoms with Crippen LogP contribution in [0.15, 0.2) is 54.6 Å². The van der Waals surface area contributed by atoms with Crippen molar-refractivity contribution in [1.82, 2.24) is 4.90 Å². The van der Waals surface area contributed by atoms with Crippen LogP contribution in [0.2, 0.25) is 0 Å². The van der Waals surface area contributed by atoms with E-state index in [1.54, 1.807) is 24.3 Å². The molecule has 0 aliphatic carbocycles. The van der Waals surface area contributed by atoms with E-state index in [2.05, 4.69) is 0 Å². The molecule has 1 aliphatic heterocycles. The molecule has 2 amide bonds. The molecule has 1 aliphatic rings. The first-order valence-electron chi connectivity index (χ1n) is 6.83. The normalized spacial score (nSPS) is 15.2. The molecule has 4 nitrogen and oxygen atoms in total. The number of hydrogen-bond donors (Lipinski definition) is 1. The lowest BCUT2D eigenvalue weighted by Crippen LogP contribution is -2.34. The summed E-state index contributed by atoms with van der Waals surface area (Å²) in [5.41, 5.74) is 1.79. The summed E-state index contributed by atoms with van der Waals surface area (Å²) in [6, 6.07) is 16.2. The number of aliphatic hydroxyl groups is 1. The van der Waals surface area contributed by atoms with Gasteiger partial charge in [-0.3, -0.25) is 14.5 Å². The Morgan fingerprint density at radius 3 is 1.90 bits per heavy atom. The van der Waals surface area contributed by atoms with Crippen LogP contribution in [0, 0.1) is 0 Å². The summed E-state index contributed by atoms with van der Waals surface area (Å²) >= 11 is 0. The van der Waals surface area contributed by atoms with E-state index in [1.807, 2.05) is 30.3 Å². The fourth-order valence-corrected chi connectivity index (χ4v) is 2.62. The first-order valence-corrected chi connectivity index (χ1v) is 6.83. The van der Waals surface area contributed by atoms with Gasteiger partial charge >= 0.3 is 0 Å². The van der Waals surface area contributed by atoms with Crippen molar-refractivity contribution in [2.45, 2.75) is 5.92 Å². The first kappa shape index (κ1) is 13.5. The van der Waals surface area contributed by atoms with Crippen LogP contribution in [0.1, 0.15) is 32.2 Å². The number of nitrogens with zero attached hydrogens (tertiary/aromatic N) is 1. The van der Waals surface area contributed by atoms with Gasteiger partial charge in [0.05, 0.1) is 17.7 Å². The molecule has 3 rings (SSSR count). The zero-order valence-corrected chi connectivity index (χ0v) is 11.4. The van der Waals surface area contributed by atoms with E-state index in [0.717, 1.165) is 5.56 Å². The average molecular weight is 281 g/mol. The lowest BCUT2D eigenvalue weighted by molar-refractivity contribution is 0.0632. The minimum Gasteiger partial charge on any atom is -0.396 e. The molecule has 0 spiro atoms. The highest BCUT2D eigenvalue weighted by atomic mass is 16.3. The Kier molecular flexibility index (Phi) is 3.54. The second-order valence-electron chi connectivity index (χ2n) is 5.06. The van der Waals surface area contributed by atoms with Gasteiger partial charge in [0.25, 0.3) is 11.8 Å². The lowest BCUT2D eigenvalue weighted by atomic mass is 9.99. The Bertz CT molecular complexity index is 646. The highest BCUT2D eigenvalue weighted by Gasteiger charge is 2.36. The van der Waals surface area contributed by atoms with Crippen molar-refractivity contribution in [3.05, 3.63) is 71.3 Å². The van der Waals surface area contributed by atoms with E-state index in [0.29, 0.717) is 11.1 Å². The molecule has 2 aromatic rings. The Balaban J connectivity index is 1.86. The molecule has 1 heterocycles. The molecule has 1 N–H and O–H groups in total.